The van der Waals surface area contributed by atoms with Crippen LogP contribution in [0.15, 0.2) is 24.3 Å². The quantitative estimate of drug-likeness (QED) is 0.499. The molecule has 1 aromatic rings. The molecule has 1 aliphatic heterocycles. The number of nitrogens with zero attached hydrogens (tertiary/aromatic N) is 1. The summed E-state index contributed by atoms with van der Waals surface area (Å²) in [5, 5.41) is 0. The molecule has 127 valence electrons. The van der Waals surface area contributed by atoms with Gasteiger partial charge in [-0.05, 0) is 30.7 Å². The van der Waals surface area contributed by atoms with Gasteiger partial charge in [-0.3, -0.25) is 0 Å². The van der Waals surface area contributed by atoms with Crippen molar-refractivity contribution in [2.75, 3.05) is 53.1 Å². The largest absolute Gasteiger partial charge is 0.494 e. The molecule has 4 nitrogen and oxygen atoms in total. The predicted molar refractivity (Wildman–Crippen MR) is 88.6 cm³/mol. The van der Waals surface area contributed by atoms with E-state index in [0.29, 0.717) is 0 Å². The third kappa shape index (κ3) is 7.97. The van der Waals surface area contributed by atoms with Gasteiger partial charge < -0.3 is 18.7 Å². The Labute approximate surface area is 165 Å². The summed E-state index contributed by atoms with van der Waals surface area (Å²) in [6.45, 7) is 8.73. The Morgan fingerprint density at radius 1 is 1.00 bits per heavy atom. The van der Waals surface area contributed by atoms with E-state index in [1.54, 1.807) is 0 Å². The van der Waals surface area contributed by atoms with E-state index in [0.717, 1.165) is 74.8 Å². The van der Waals surface area contributed by atoms with Gasteiger partial charge in [-0.15, -0.1) is 0 Å². The van der Waals surface area contributed by atoms with Gasteiger partial charge in [0.25, 0.3) is 0 Å². The summed E-state index contributed by atoms with van der Waals surface area (Å²) in [7, 11) is 2.29. The van der Waals surface area contributed by atoms with Gasteiger partial charge in [0.2, 0.25) is 0 Å². The summed E-state index contributed by atoms with van der Waals surface area (Å²) < 4.78 is 18.1. The molecule has 1 heterocycles. The molecule has 2 rings (SSSR count). The number of benzene rings is 1. The predicted octanol–water partition coefficient (Wildman–Crippen LogP) is 3.11. The third-order valence-corrected chi connectivity index (χ3v) is 4.25. The molecule has 1 aliphatic rings. The van der Waals surface area contributed by atoms with Crippen LogP contribution in [0.4, 0.5) is 0 Å². The first kappa shape index (κ1) is 20.9. The van der Waals surface area contributed by atoms with Crippen LogP contribution in [-0.2, 0) is 37.4 Å². The Hall–Kier alpha value is -0.156. The molecule has 0 aromatic heterocycles. The molecule has 0 saturated carbocycles. The molecule has 0 spiro atoms. The zero-order chi connectivity index (χ0) is 15.7. The smallest absolute Gasteiger partial charge is 0.137 e. The molecule has 1 saturated heterocycles. The van der Waals surface area contributed by atoms with E-state index < -0.39 is 0 Å². The fraction of sp³-hybridized carbons (Fsp3) is 0.667. The molecule has 0 N–H and O–H groups in total. The number of rotatable bonds is 8. The maximum Gasteiger partial charge on any atom is 0.137 e. The van der Waals surface area contributed by atoms with E-state index in [1.165, 1.54) is 6.54 Å². The van der Waals surface area contributed by atoms with Gasteiger partial charge in [0.15, 0.2) is 0 Å². The molecule has 1 fully saturated rings. The van der Waals surface area contributed by atoms with Crippen molar-refractivity contribution < 1.29 is 51.4 Å². The molecule has 0 aliphatic carbocycles. The molecule has 1 atom stereocenters. The molecule has 0 amide bonds. The van der Waals surface area contributed by atoms with Gasteiger partial charge in [-0.2, -0.15) is 0 Å². The first-order chi connectivity index (χ1) is 10.7. The summed E-state index contributed by atoms with van der Waals surface area (Å²) in [5.74, 6) is 1.84. The molecule has 5 heteroatoms. The molecule has 23 heavy (non-hydrogen) atoms. The first-order valence-electron chi connectivity index (χ1n) is 8.49. The first-order valence-corrected chi connectivity index (χ1v) is 8.49. The Morgan fingerprint density at radius 3 is 2.30 bits per heavy atom. The monoisotopic (exact) mass is 397 g/mol. The maximum atomic E-state index is 5.88. The van der Waals surface area contributed by atoms with Gasteiger partial charge >= 0.3 is 0 Å². The fourth-order valence-corrected chi connectivity index (χ4v) is 2.62. The summed E-state index contributed by atoms with van der Waals surface area (Å²) >= 11 is 0. The van der Waals surface area contributed by atoms with Crippen molar-refractivity contribution in [3.63, 3.8) is 0 Å². The minimum Gasteiger partial charge on any atom is -0.494 e. The average molecular weight is 397 g/mol. The third-order valence-electron chi connectivity index (χ3n) is 4.25. The molecular weight excluding hydrogens is 367 g/mol. The van der Waals surface area contributed by atoms with E-state index in [2.05, 4.69) is 14.0 Å². The topological polar surface area (TPSA) is 27.7 Å². The standard InChI is InChI=1S/C18H30NO3.Y/c1-3-4-14-21-17-6-8-18(9-7-17)22-16-12-19(2)10-5-13-20-15-11-19;/h6-9H,3-5,10-16H2,1-2H3;/q+1;. The van der Waals surface area contributed by atoms with Crippen molar-refractivity contribution in [1.29, 1.82) is 0 Å². The Morgan fingerprint density at radius 2 is 1.65 bits per heavy atom. The average Bonchev–Trinajstić information content (AvgIpc) is 2.74. The van der Waals surface area contributed by atoms with Crippen molar-refractivity contribution in [1.82, 2.24) is 0 Å². The minimum atomic E-state index is 0. The zero-order valence-corrected chi connectivity index (χ0v) is 17.5. The van der Waals surface area contributed by atoms with Gasteiger partial charge in [-0.1, -0.05) is 13.3 Å². The van der Waals surface area contributed by atoms with Gasteiger partial charge in [0.1, 0.15) is 31.2 Å². The number of unbranched alkanes of at least 4 members (excludes halogenated alkanes) is 1. The summed E-state index contributed by atoms with van der Waals surface area (Å²) in [6, 6.07) is 7.96. The summed E-state index contributed by atoms with van der Waals surface area (Å²) in [4.78, 5) is 0. The minimum absolute atomic E-state index is 0. The van der Waals surface area contributed by atoms with Crippen molar-refractivity contribution in [3.8, 4) is 11.5 Å². The number of hydrogen-bond acceptors (Lipinski definition) is 3. The summed E-state index contributed by atoms with van der Waals surface area (Å²) in [6.07, 6.45) is 3.39. The molecular formula is C18H30NO3Y+. The Kier molecular flexibility index (Phi) is 10.4. The van der Waals surface area contributed by atoms with E-state index >= 15 is 0 Å². The van der Waals surface area contributed by atoms with Crippen LogP contribution < -0.4 is 9.47 Å². The van der Waals surface area contributed by atoms with Crippen molar-refractivity contribution in [2.45, 2.75) is 26.2 Å². The maximum absolute atomic E-state index is 5.88. The molecule has 1 radical (unpaired) electrons. The van der Waals surface area contributed by atoms with Crippen molar-refractivity contribution >= 4 is 0 Å². The fourth-order valence-electron chi connectivity index (χ4n) is 2.62. The normalized spacial score (nSPS) is 21.1. The van der Waals surface area contributed by atoms with Gasteiger partial charge in [0.05, 0.1) is 33.4 Å². The number of likely N-dealkylation sites (N-methyl/N-ethyl adjacent to an activating group) is 1. The number of quaternary nitrogens is 1. The van der Waals surface area contributed by atoms with Gasteiger partial charge in [0, 0.05) is 39.1 Å². The Balaban J connectivity index is 0.00000264. The molecule has 1 unspecified atom stereocenters. The van der Waals surface area contributed by atoms with Crippen molar-refractivity contribution in [2.24, 2.45) is 0 Å². The van der Waals surface area contributed by atoms with Crippen LogP contribution in [0.2, 0.25) is 0 Å². The van der Waals surface area contributed by atoms with Crippen LogP contribution in [0.5, 0.6) is 11.5 Å². The zero-order valence-electron chi connectivity index (χ0n) is 14.6. The van der Waals surface area contributed by atoms with Crippen molar-refractivity contribution in [3.05, 3.63) is 24.3 Å². The van der Waals surface area contributed by atoms with Crippen LogP contribution in [0.1, 0.15) is 26.2 Å². The van der Waals surface area contributed by atoms with E-state index in [9.17, 15) is 0 Å². The Bertz CT molecular complexity index is 417. The van der Waals surface area contributed by atoms with Crippen LogP contribution in [0.3, 0.4) is 0 Å². The van der Waals surface area contributed by atoms with Crippen LogP contribution in [0, 0.1) is 0 Å². The van der Waals surface area contributed by atoms with Crippen LogP contribution in [-0.4, -0.2) is 57.6 Å². The molecule has 1 aromatic carbocycles. The van der Waals surface area contributed by atoms with Crippen LogP contribution in [0.25, 0.3) is 0 Å². The SMILES string of the molecule is CCCCOc1ccc(OCC[N+]2(C)CCCOCC2)cc1.[Y]. The summed E-state index contributed by atoms with van der Waals surface area (Å²) in [5.41, 5.74) is 0. The second kappa shape index (κ2) is 11.4. The van der Waals surface area contributed by atoms with Crippen LogP contribution >= 0.6 is 0 Å². The second-order valence-electron chi connectivity index (χ2n) is 6.28. The molecule has 0 bridgehead atoms. The second-order valence-corrected chi connectivity index (χ2v) is 6.28. The number of ether oxygens (including phenoxy) is 3. The van der Waals surface area contributed by atoms with E-state index in [4.69, 9.17) is 14.2 Å². The van der Waals surface area contributed by atoms with E-state index in [1.807, 2.05) is 24.3 Å². The van der Waals surface area contributed by atoms with Gasteiger partial charge in [-0.25, -0.2) is 0 Å². The number of hydrogen-bond donors (Lipinski definition) is 0. The van der Waals surface area contributed by atoms with E-state index in [-0.39, 0.29) is 32.7 Å².